The van der Waals surface area contributed by atoms with Crippen molar-refractivity contribution in [1.82, 2.24) is 9.55 Å². The van der Waals surface area contributed by atoms with E-state index in [9.17, 15) is 24.1 Å². The van der Waals surface area contributed by atoms with E-state index in [0.29, 0.717) is 0 Å². The van der Waals surface area contributed by atoms with Crippen LogP contribution in [0.5, 0.6) is 5.75 Å². The standard InChI is InChI=1S/C21H24ClN2O10P/c1-3-30-16(26)12-31-35(29,33-13-7-5-4-6-8-13)34-14-11-21(14)17(27)20(2,22)18(32-21)24-10-9-15(25)23-19(24)28/h4-10,14,17-18,27H,3,11-12H2,1-2H3,(H,23,25,28)/t14-,17+,18-,20-,21?,35?/m1/s1. The molecule has 2 heterocycles. The molecule has 0 radical (unpaired) electrons. The number of phosphoric acid groups is 1. The third kappa shape index (κ3) is 5.09. The second kappa shape index (κ2) is 9.53. The minimum Gasteiger partial charge on any atom is -0.464 e. The molecule has 1 aromatic heterocycles. The van der Waals surface area contributed by atoms with Crippen LogP contribution in [0.3, 0.4) is 0 Å². The number of benzene rings is 1. The van der Waals surface area contributed by atoms with Crippen molar-refractivity contribution in [3.8, 4) is 5.75 Å². The predicted molar refractivity (Wildman–Crippen MR) is 121 cm³/mol. The number of H-pyrrole nitrogens is 1. The van der Waals surface area contributed by atoms with Crippen LogP contribution in [0.1, 0.15) is 26.5 Å². The number of carbonyl (C=O) groups excluding carboxylic acids is 1. The summed E-state index contributed by atoms with van der Waals surface area (Å²) in [6, 6.07) is 9.14. The highest BCUT2D eigenvalue weighted by Crippen LogP contribution is 2.64. The molecular formula is C21H24ClN2O10P. The molecule has 6 atom stereocenters. The molecule has 1 aliphatic heterocycles. The lowest BCUT2D eigenvalue weighted by molar-refractivity contribution is -0.146. The Balaban J connectivity index is 1.56. The molecule has 12 nitrogen and oxygen atoms in total. The molecule has 1 aliphatic carbocycles. The molecular weight excluding hydrogens is 507 g/mol. The summed E-state index contributed by atoms with van der Waals surface area (Å²) in [7, 11) is -4.42. The fourth-order valence-electron chi connectivity index (χ4n) is 3.89. The van der Waals surface area contributed by atoms with Gasteiger partial charge >= 0.3 is 19.5 Å². The Bertz CT molecular complexity index is 1250. The monoisotopic (exact) mass is 530 g/mol. The molecule has 1 saturated carbocycles. The summed E-state index contributed by atoms with van der Waals surface area (Å²) in [6.07, 6.45) is -2.35. The van der Waals surface area contributed by atoms with Crippen LogP contribution < -0.4 is 15.8 Å². The zero-order valence-electron chi connectivity index (χ0n) is 18.8. The first-order chi connectivity index (χ1) is 16.5. The molecule has 190 valence electrons. The fourth-order valence-corrected chi connectivity index (χ4v) is 5.59. The number of alkyl halides is 1. The quantitative estimate of drug-likeness (QED) is 0.278. The molecule has 14 heteroatoms. The van der Waals surface area contributed by atoms with E-state index in [0.717, 1.165) is 10.6 Å². The van der Waals surface area contributed by atoms with Crippen molar-refractivity contribution in [2.75, 3.05) is 13.2 Å². The van der Waals surface area contributed by atoms with Crippen LogP contribution in [-0.4, -0.2) is 56.5 Å². The molecule has 0 bridgehead atoms. The first kappa shape index (κ1) is 25.6. The normalized spacial score (nSPS) is 31.1. The second-order valence-corrected chi connectivity index (χ2v) is 10.6. The summed E-state index contributed by atoms with van der Waals surface area (Å²) < 4.78 is 41.6. The number of aromatic nitrogens is 2. The van der Waals surface area contributed by atoms with Crippen molar-refractivity contribution in [3.63, 3.8) is 0 Å². The van der Waals surface area contributed by atoms with Crippen LogP contribution in [0.25, 0.3) is 0 Å². The number of rotatable bonds is 9. The van der Waals surface area contributed by atoms with Crippen LogP contribution in [0.2, 0.25) is 0 Å². The van der Waals surface area contributed by atoms with Gasteiger partial charge in [-0.05, 0) is 26.0 Å². The Morgan fingerprint density at radius 2 is 2.03 bits per heavy atom. The summed E-state index contributed by atoms with van der Waals surface area (Å²) in [5.41, 5.74) is -2.84. The molecule has 1 saturated heterocycles. The van der Waals surface area contributed by atoms with E-state index in [1.54, 1.807) is 25.1 Å². The number of ether oxygens (including phenoxy) is 2. The van der Waals surface area contributed by atoms with E-state index in [1.807, 2.05) is 0 Å². The maximum absolute atomic E-state index is 13.5. The molecule has 2 aromatic rings. The highest BCUT2D eigenvalue weighted by atomic mass is 35.5. The molecule has 2 fully saturated rings. The maximum Gasteiger partial charge on any atom is 0.531 e. The van der Waals surface area contributed by atoms with Crippen molar-refractivity contribution in [2.24, 2.45) is 0 Å². The minimum absolute atomic E-state index is 0.0377. The molecule has 2 aliphatic rings. The number of aliphatic hydroxyl groups excluding tert-OH is 1. The molecule has 2 N–H and O–H groups in total. The SMILES string of the molecule is CCOC(=O)COP(=O)(Oc1ccccc1)O[C@@H]1CC12O[C@@H](n1ccc(=O)[nH]c1=O)[C@](C)(Cl)[C@@H]2O. The van der Waals surface area contributed by atoms with Crippen molar-refractivity contribution >= 4 is 25.4 Å². The number of carbonyl (C=O) groups is 1. The molecule has 4 rings (SSSR count). The predicted octanol–water partition coefficient (Wildman–Crippen LogP) is 1.72. The maximum atomic E-state index is 13.5. The lowest BCUT2D eigenvalue weighted by Gasteiger charge is -2.26. The summed E-state index contributed by atoms with van der Waals surface area (Å²) >= 11 is 6.58. The molecule has 2 unspecified atom stereocenters. The minimum atomic E-state index is -4.42. The third-order valence-corrected chi connectivity index (χ3v) is 7.45. The topological polar surface area (TPSA) is 155 Å². The van der Waals surface area contributed by atoms with Gasteiger partial charge in [0.25, 0.3) is 5.56 Å². The number of aromatic amines is 1. The summed E-state index contributed by atoms with van der Waals surface area (Å²) in [6.45, 7) is 2.46. The van der Waals surface area contributed by atoms with Gasteiger partial charge in [0.15, 0.2) is 12.8 Å². The van der Waals surface area contributed by atoms with Crippen LogP contribution in [0.4, 0.5) is 0 Å². The molecule has 1 aromatic carbocycles. The van der Waals surface area contributed by atoms with E-state index in [1.165, 1.54) is 25.3 Å². The van der Waals surface area contributed by atoms with Crippen molar-refractivity contribution in [3.05, 3.63) is 63.4 Å². The number of nitrogens with zero attached hydrogens (tertiary/aromatic N) is 1. The van der Waals surface area contributed by atoms with Crippen LogP contribution >= 0.6 is 19.4 Å². The lowest BCUT2D eigenvalue weighted by atomic mass is 9.99. The molecule has 35 heavy (non-hydrogen) atoms. The third-order valence-electron chi connectivity index (χ3n) is 5.67. The van der Waals surface area contributed by atoms with Gasteiger partial charge in [0.05, 0.1) is 6.61 Å². The van der Waals surface area contributed by atoms with Gasteiger partial charge in [-0.15, -0.1) is 11.6 Å². The number of esters is 1. The van der Waals surface area contributed by atoms with Crippen molar-refractivity contribution in [1.29, 1.82) is 0 Å². The Kier molecular flexibility index (Phi) is 6.98. The molecule has 1 spiro atoms. The van der Waals surface area contributed by atoms with E-state index >= 15 is 0 Å². The zero-order valence-corrected chi connectivity index (χ0v) is 20.4. The van der Waals surface area contributed by atoms with Gasteiger partial charge in [0, 0.05) is 18.7 Å². The number of halogens is 1. The number of para-hydroxylation sites is 1. The van der Waals surface area contributed by atoms with Gasteiger partial charge < -0.3 is 19.1 Å². The Morgan fingerprint density at radius 3 is 2.69 bits per heavy atom. The van der Waals surface area contributed by atoms with E-state index in [-0.39, 0.29) is 18.8 Å². The van der Waals surface area contributed by atoms with Gasteiger partial charge in [-0.3, -0.25) is 23.4 Å². The Morgan fingerprint density at radius 1 is 1.31 bits per heavy atom. The van der Waals surface area contributed by atoms with Crippen molar-refractivity contribution in [2.45, 2.75) is 49.2 Å². The first-order valence-corrected chi connectivity index (χ1v) is 12.5. The van der Waals surface area contributed by atoms with Gasteiger partial charge in [0.2, 0.25) is 0 Å². The van der Waals surface area contributed by atoms with Gasteiger partial charge in [-0.1, -0.05) is 18.2 Å². The number of hydrogen-bond donors (Lipinski definition) is 2. The molecule has 0 amide bonds. The second-order valence-electron chi connectivity index (χ2n) is 8.22. The van der Waals surface area contributed by atoms with E-state index in [2.05, 4.69) is 4.98 Å². The van der Waals surface area contributed by atoms with Gasteiger partial charge in [-0.2, -0.15) is 0 Å². The number of nitrogens with one attached hydrogen (secondary N) is 1. The van der Waals surface area contributed by atoms with Crippen LogP contribution in [0.15, 0.2) is 52.2 Å². The number of hydrogen-bond acceptors (Lipinski definition) is 10. The zero-order chi connectivity index (χ0) is 25.4. The Hall–Kier alpha value is -2.47. The lowest BCUT2D eigenvalue weighted by Crippen LogP contribution is -2.43. The Labute approximate surface area is 204 Å². The largest absolute Gasteiger partial charge is 0.531 e. The fraction of sp³-hybridized carbons (Fsp3) is 0.476. The summed E-state index contributed by atoms with van der Waals surface area (Å²) in [4.78, 5) is 36.1. The highest BCUT2D eigenvalue weighted by molar-refractivity contribution is 7.49. The average Bonchev–Trinajstić information content (AvgIpc) is 3.44. The van der Waals surface area contributed by atoms with Gasteiger partial charge in [-0.25, -0.2) is 14.2 Å². The summed E-state index contributed by atoms with van der Waals surface area (Å²) in [5, 5.41) is 11.0. The van der Waals surface area contributed by atoms with Crippen LogP contribution in [-0.2, 0) is 27.9 Å². The number of aliphatic hydroxyl groups is 1. The summed E-state index contributed by atoms with van der Waals surface area (Å²) in [5.74, 6) is -0.622. The number of phosphoric ester groups is 1. The highest BCUT2D eigenvalue weighted by Gasteiger charge is 2.75. The smallest absolute Gasteiger partial charge is 0.464 e. The van der Waals surface area contributed by atoms with Crippen molar-refractivity contribution < 1.29 is 37.5 Å². The first-order valence-electron chi connectivity index (χ1n) is 10.7. The van der Waals surface area contributed by atoms with E-state index < -0.39 is 60.6 Å². The average molecular weight is 531 g/mol. The van der Waals surface area contributed by atoms with Gasteiger partial charge in [0.1, 0.15) is 28.4 Å². The van der Waals surface area contributed by atoms with E-state index in [4.69, 9.17) is 34.6 Å². The van der Waals surface area contributed by atoms with Crippen LogP contribution in [0, 0.1) is 0 Å².